The van der Waals surface area contributed by atoms with Crippen LogP contribution < -0.4 is 26.6 Å². The lowest BCUT2D eigenvalue weighted by atomic mass is 10.1. The molecule has 0 aromatic heterocycles. The Morgan fingerprint density at radius 3 is 0.951 bits per heavy atom. The first-order valence-electron chi connectivity index (χ1n) is 24.4. The third kappa shape index (κ3) is 23.5. The molecule has 61 heavy (non-hydrogen) atoms. The molecule has 5 N–H and O–H groups in total. The second kappa shape index (κ2) is 35.0. The van der Waals surface area contributed by atoms with Gasteiger partial charge in [-0.15, -0.1) is 0 Å². The number of nitrogens with zero attached hydrogens (tertiary/aromatic N) is 5. The second-order valence-corrected chi connectivity index (χ2v) is 17.0. The van der Waals surface area contributed by atoms with Gasteiger partial charge in [0.15, 0.2) is 0 Å². The third-order valence-electron chi connectivity index (χ3n) is 12.2. The Labute approximate surface area is 372 Å². The second-order valence-electron chi connectivity index (χ2n) is 17.0. The van der Waals surface area contributed by atoms with Gasteiger partial charge in [0.2, 0.25) is 0 Å². The zero-order valence-electron chi connectivity index (χ0n) is 41.1. The first-order chi connectivity index (χ1) is 29.2. The summed E-state index contributed by atoms with van der Waals surface area (Å²) in [4.78, 5) is 70.4. The molecule has 0 rings (SSSR count). The van der Waals surface area contributed by atoms with Crippen LogP contribution in [0.4, 0.5) is 24.0 Å². The summed E-state index contributed by atoms with van der Waals surface area (Å²) in [5.41, 5.74) is 0. The lowest BCUT2D eigenvalue weighted by Gasteiger charge is -2.35. The molecule has 0 spiro atoms. The normalized spacial score (nSPS) is 13.7. The molecule has 0 fully saturated rings. The van der Waals surface area contributed by atoms with Crippen molar-refractivity contribution >= 4 is 30.2 Å². The van der Waals surface area contributed by atoms with Gasteiger partial charge in [0.05, 0.1) is 0 Å². The van der Waals surface area contributed by atoms with Crippen molar-refractivity contribution in [1.29, 1.82) is 0 Å². The van der Waals surface area contributed by atoms with Crippen LogP contribution in [-0.2, 0) is 0 Å². The predicted molar refractivity (Wildman–Crippen MR) is 252 cm³/mol. The predicted octanol–water partition coefficient (Wildman–Crippen LogP) is 9.28. The standard InChI is InChI=1S/C46H94N10O5/c1-13-37(7)54(38(8)14-2)44(59)49-33-27-21-19-25-31-47-42(57)53(36-30-24-23-29-34-50-45(60)55(39(9)15-3)40(10)16-4)43(58)48-32-26-20-22-28-35-51-46(61)56(41(11)17-5)52(12)18-6/h37-41H,13-36H2,1-12H3,(H,47,57)(H,48,58)(H,49,59)(H,50,60)(H,51,61). The molecule has 0 bridgehead atoms. The molecule has 0 heterocycles. The minimum Gasteiger partial charge on any atom is -0.338 e. The molecule has 0 aliphatic heterocycles. The Balaban J connectivity index is 4.95. The molecule has 15 nitrogen and oxygen atoms in total. The lowest BCUT2D eigenvalue weighted by Crippen LogP contribution is -2.53. The van der Waals surface area contributed by atoms with Crippen molar-refractivity contribution in [2.24, 2.45) is 0 Å². The largest absolute Gasteiger partial charge is 0.338 e. The SMILES string of the molecule is CCC(C)N(C(=O)NCCCCCCNC(=O)N(CCCCCCNC(=O)N(C(C)CC)C(C)CC)C(=O)NCCCCCCNC(=O)N(C(C)CC)N(C)CC)C(C)CC. The van der Waals surface area contributed by atoms with E-state index in [2.05, 4.69) is 95.8 Å². The Morgan fingerprint density at radius 1 is 0.377 bits per heavy atom. The van der Waals surface area contributed by atoms with Crippen molar-refractivity contribution in [2.75, 3.05) is 52.9 Å². The monoisotopic (exact) mass is 867 g/mol. The van der Waals surface area contributed by atoms with E-state index in [-0.39, 0.29) is 48.3 Å². The van der Waals surface area contributed by atoms with Gasteiger partial charge in [0.1, 0.15) is 0 Å². The van der Waals surface area contributed by atoms with E-state index in [4.69, 9.17) is 0 Å². The molecule has 0 aromatic carbocycles. The van der Waals surface area contributed by atoms with Crippen molar-refractivity contribution in [3.05, 3.63) is 0 Å². The quantitative estimate of drug-likeness (QED) is 0.0327. The van der Waals surface area contributed by atoms with Gasteiger partial charge < -0.3 is 36.4 Å². The fourth-order valence-electron chi connectivity index (χ4n) is 7.16. The summed E-state index contributed by atoms with van der Waals surface area (Å²) in [5, 5.41) is 18.9. The van der Waals surface area contributed by atoms with E-state index in [1.165, 1.54) is 4.90 Å². The summed E-state index contributed by atoms with van der Waals surface area (Å²) in [6.45, 7) is 26.7. The van der Waals surface area contributed by atoms with Crippen molar-refractivity contribution < 1.29 is 24.0 Å². The number of unbranched alkanes of at least 4 members (excludes halogenated alkanes) is 9. The van der Waals surface area contributed by atoms with Crippen LogP contribution in [0.15, 0.2) is 0 Å². The van der Waals surface area contributed by atoms with E-state index in [0.29, 0.717) is 45.7 Å². The Bertz CT molecular complexity index is 1100. The van der Waals surface area contributed by atoms with Crippen molar-refractivity contribution in [3.63, 3.8) is 0 Å². The molecule has 15 heteroatoms. The highest BCUT2D eigenvalue weighted by molar-refractivity contribution is 5.93. The summed E-state index contributed by atoms with van der Waals surface area (Å²) < 4.78 is 0. The van der Waals surface area contributed by atoms with Gasteiger partial charge in [-0.05, 0) is 105 Å². The van der Waals surface area contributed by atoms with Crippen LogP contribution in [0.1, 0.15) is 185 Å². The van der Waals surface area contributed by atoms with Crippen molar-refractivity contribution in [1.82, 2.24) is 51.3 Å². The first-order valence-corrected chi connectivity index (χ1v) is 24.4. The molecule has 0 saturated carbocycles. The lowest BCUT2D eigenvalue weighted by molar-refractivity contribution is 0.0109. The number of carbonyl (C=O) groups excluding carboxylic acids is 5. The number of nitrogens with one attached hydrogen (secondary N) is 5. The fourth-order valence-corrected chi connectivity index (χ4v) is 7.16. The number of rotatable bonds is 33. The molecule has 5 atom stereocenters. The first kappa shape index (κ1) is 57.5. The maximum atomic E-state index is 13.3. The van der Waals surface area contributed by atoms with Gasteiger partial charge in [-0.2, -0.15) is 0 Å². The maximum absolute atomic E-state index is 13.3. The number of carbonyl (C=O) groups is 5. The Hall–Kier alpha value is -3.49. The van der Waals surface area contributed by atoms with Crippen LogP contribution >= 0.6 is 0 Å². The molecule has 358 valence electrons. The van der Waals surface area contributed by atoms with Crippen LogP contribution in [0, 0.1) is 0 Å². The highest BCUT2D eigenvalue weighted by Gasteiger charge is 2.25. The number of amides is 10. The van der Waals surface area contributed by atoms with E-state index < -0.39 is 12.1 Å². The minimum atomic E-state index is -0.392. The summed E-state index contributed by atoms with van der Waals surface area (Å²) in [6, 6.07) is -0.0250. The number of hydrazine groups is 1. The van der Waals surface area contributed by atoms with Gasteiger partial charge in [0.25, 0.3) is 0 Å². The van der Waals surface area contributed by atoms with Crippen molar-refractivity contribution in [2.45, 2.75) is 216 Å². The molecule has 0 aliphatic rings. The number of urea groups is 5. The van der Waals surface area contributed by atoms with E-state index in [9.17, 15) is 24.0 Å². The highest BCUT2D eigenvalue weighted by Crippen LogP contribution is 2.14. The van der Waals surface area contributed by atoms with Crippen LogP contribution in [0.2, 0.25) is 0 Å². The average Bonchev–Trinajstić information content (AvgIpc) is 3.25. The van der Waals surface area contributed by atoms with E-state index in [1.54, 1.807) is 5.01 Å². The average molecular weight is 867 g/mol. The van der Waals surface area contributed by atoms with Gasteiger partial charge in [-0.1, -0.05) is 80.1 Å². The molecule has 0 saturated heterocycles. The van der Waals surface area contributed by atoms with Gasteiger partial charge in [-0.3, -0.25) is 5.01 Å². The Kier molecular flexibility index (Phi) is 33.0. The third-order valence-corrected chi connectivity index (χ3v) is 12.2. The van der Waals surface area contributed by atoms with Gasteiger partial charge in [0, 0.05) is 83.1 Å². The number of imide groups is 1. The van der Waals surface area contributed by atoms with Gasteiger partial charge >= 0.3 is 30.2 Å². The molecule has 10 amide bonds. The van der Waals surface area contributed by atoms with E-state index in [1.807, 2.05) is 28.8 Å². The summed E-state index contributed by atoms with van der Waals surface area (Å²) in [6.07, 6.45) is 14.6. The number of hydrogen-bond acceptors (Lipinski definition) is 6. The topological polar surface area (TPSA) is 162 Å². The van der Waals surface area contributed by atoms with Gasteiger partial charge in [-0.25, -0.2) is 33.9 Å². The fraction of sp³-hybridized carbons (Fsp3) is 0.891. The summed E-state index contributed by atoms with van der Waals surface area (Å²) in [7, 11) is 1.93. The molecule has 0 aliphatic carbocycles. The Morgan fingerprint density at radius 2 is 0.656 bits per heavy atom. The summed E-state index contributed by atoms with van der Waals surface area (Å²) >= 11 is 0. The molecule has 0 aromatic rings. The molecular weight excluding hydrogens is 773 g/mol. The molecule has 0 radical (unpaired) electrons. The zero-order chi connectivity index (χ0) is 46.2. The zero-order valence-corrected chi connectivity index (χ0v) is 41.1. The van der Waals surface area contributed by atoms with E-state index >= 15 is 0 Å². The van der Waals surface area contributed by atoms with Crippen molar-refractivity contribution in [3.8, 4) is 0 Å². The van der Waals surface area contributed by atoms with Crippen LogP contribution in [-0.4, -0.2) is 138 Å². The van der Waals surface area contributed by atoms with E-state index in [0.717, 1.165) is 109 Å². The van der Waals surface area contributed by atoms with Crippen LogP contribution in [0.3, 0.4) is 0 Å². The minimum absolute atomic E-state index is 0.00299. The maximum Gasteiger partial charge on any atom is 0.332 e. The summed E-state index contributed by atoms with van der Waals surface area (Å²) in [5.74, 6) is 0. The molecule has 5 unspecified atom stereocenters. The smallest absolute Gasteiger partial charge is 0.332 e. The highest BCUT2D eigenvalue weighted by atomic mass is 16.2. The molecular formula is C46H94N10O5. The number of hydrogen-bond donors (Lipinski definition) is 5. The van der Waals surface area contributed by atoms with Crippen LogP contribution in [0.25, 0.3) is 0 Å². The van der Waals surface area contributed by atoms with Crippen LogP contribution in [0.5, 0.6) is 0 Å².